The minimum absolute atomic E-state index is 0.0246. The Bertz CT molecular complexity index is 1980. The highest BCUT2D eigenvalue weighted by molar-refractivity contribution is 7.79. The Balaban J connectivity index is 1.24. The molecule has 0 radical (unpaired) electrons. The molecule has 0 aliphatic carbocycles. The Labute approximate surface area is 262 Å². The Morgan fingerprint density at radius 3 is 2.45 bits per heavy atom. The number of nitrogen functional groups attached to an aromatic ring is 2. The van der Waals surface area contributed by atoms with Gasteiger partial charge in [-0.2, -0.15) is 4.98 Å². The number of alkyl halides is 1. The number of hydrogen-bond donors (Lipinski definition) is 6. The van der Waals surface area contributed by atoms with Gasteiger partial charge in [0.05, 0.1) is 38.6 Å². The van der Waals surface area contributed by atoms with Gasteiger partial charge in [0.1, 0.15) is 30.2 Å². The predicted molar refractivity (Wildman–Crippen MR) is 156 cm³/mol. The summed E-state index contributed by atoms with van der Waals surface area (Å²) in [7, 11) is -7.76. The molecule has 3 unspecified atom stereocenters. The van der Waals surface area contributed by atoms with Crippen molar-refractivity contribution >= 4 is 56.9 Å². The van der Waals surface area contributed by atoms with E-state index in [4.69, 9.17) is 39.0 Å². The van der Waals surface area contributed by atoms with Gasteiger partial charge in [0.2, 0.25) is 5.95 Å². The minimum Gasteiger partial charge on any atom is -0.396 e. The lowest BCUT2D eigenvalue weighted by Gasteiger charge is -2.28. The van der Waals surface area contributed by atoms with Crippen LogP contribution in [0.15, 0.2) is 23.8 Å². The molecule has 0 saturated carbocycles. The minimum atomic E-state index is -4.77. The molecule has 4 aromatic rings. The highest BCUT2D eigenvalue weighted by Crippen LogP contribution is 2.54. The standard InChI is InChI=1S/C21H27BFN11O11P2/c22-46(38)40-3-9-14(10(23)19(43-9)33-5-28-11-15(24)26-4-27-16(11)33)45-47(39,32-37)41-2-8-7(1-35)13(44-46)20(42-8)34-6-29-12-17(34)30-21(25)31-18(12)36/h4-10,13-14,19-20,35,37H,1-3,22H2,(H,32,39)(H2,24,26,27)(H3,25,30,31,36)/t7?,8-,9-,10+,13+,14?,19-,20-,46-,47?/m1/s1. The van der Waals surface area contributed by atoms with Crippen LogP contribution in [0.1, 0.15) is 12.5 Å². The number of fused-ring (bicyclic) bond motifs is 5. The third-order valence-corrected chi connectivity index (χ3v) is 10.4. The van der Waals surface area contributed by atoms with Crippen LogP contribution < -0.4 is 22.3 Å². The van der Waals surface area contributed by atoms with Gasteiger partial charge in [0.25, 0.3) is 20.6 Å². The van der Waals surface area contributed by atoms with Gasteiger partial charge in [-0.1, -0.05) is 0 Å². The fraction of sp³-hybridized carbons (Fsp3) is 0.524. The van der Waals surface area contributed by atoms with Crippen molar-refractivity contribution in [3.05, 3.63) is 29.3 Å². The van der Waals surface area contributed by atoms with Crippen LogP contribution in [0.4, 0.5) is 16.2 Å². The number of ether oxygens (including phenoxy) is 2. The van der Waals surface area contributed by atoms with Crippen LogP contribution in [0.2, 0.25) is 0 Å². The van der Waals surface area contributed by atoms with Crippen molar-refractivity contribution in [2.45, 2.75) is 43.0 Å². The van der Waals surface area contributed by atoms with Gasteiger partial charge < -0.3 is 40.3 Å². The Kier molecular flexibility index (Phi) is 8.16. The van der Waals surface area contributed by atoms with Gasteiger partial charge >= 0.3 is 7.75 Å². The molecule has 3 saturated heterocycles. The number of nitrogens with one attached hydrogen (secondary N) is 2. The van der Waals surface area contributed by atoms with Crippen LogP contribution in [-0.4, -0.2) is 107 Å². The Hall–Kier alpha value is -3.41. The average molecular weight is 701 g/mol. The fourth-order valence-electron chi connectivity index (χ4n) is 5.76. The molecule has 3 aliphatic rings. The molecule has 0 amide bonds. The summed E-state index contributed by atoms with van der Waals surface area (Å²) in [5.74, 6) is -1.23. The van der Waals surface area contributed by atoms with Crippen LogP contribution in [0.25, 0.3) is 22.3 Å². The quantitative estimate of drug-likeness (QED) is 0.0802. The maximum absolute atomic E-state index is 16.1. The third kappa shape index (κ3) is 5.64. The van der Waals surface area contributed by atoms with E-state index >= 15 is 4.39 Å². The zero-order valence-electron chi connectivity index (χ0n) is 24.1. The summed E-state index contributed by atoms with van der Waals surface area (Å²) in [6, 6.07) is 0. The SMILES string of the molecule is B[P@@]1(=O)OC[C@H]2O[C@@H](n3cnc4c(N)ncnc43)[C@@H](F)C2OP(=O)(NO)OC[C@H]2O[C@@H](n3cnc4c(=O)[nH]c(N)nc43)[C@@H](O1)C2CO. The van der Waals surface area contributed by atoms with Gasteiger partial charge in [0, 0.05) is 5.92 Å². The van der Waals surface area contributed by atoms with Gasteiger partial charge in [-0.25, -0.2) is 28.9 Å². The van der Waals surface area contributed by atoms with E-state index in [0.717, 1.165) is 13.9 Å². The van der Waals surface area contributed by atoms with Gasteiger partial charge in [-0.3, -0.25) is 32.5 Å². The second-order valence-corrected chi connectivity index (χ2v) is 14.6. The normalized spacial score (nSPS) is 36.6. The first-order valence-electron chi connectivity index (χ1n) is 13.9. The topological polar surface area (TPSA) is 301 Å². The van der Waals surface area contributed by atoms with E-state index in [1.807, 2.05) is 0 Å². The summed E-state index contributed by atoms with van der Waals surface area (Å²) >= 11 is 0. The molecule has 7 rings (SSSR count). The molecule has 0 spiro atoms. The van der Waals surface area contributed by atoms with Crippen LogP contribution in [0, 0.1) is 5.92 Å². The lowest BCUT2D eigenvalue weighted by Crippen LogP contribution is -2.35. The van der Waals surface area contributed by atoms with Crippen molar-refractivity contribution < 1.29 is 51.4 Å². The van der Waals surface area contributed by atoms with Crippen LogP contribution in [0.5, 0.6) is 0 Å². The number of hydrogen-bond acceptors (Lipinski definition) is 18. The molecular weight excluding hydrogens is 674 g/mol. The molecule has 26 heteroatoms. The molecule has 22 nitrogen and oxygen atoms in total. The predicted octanol–water partition coefficient (Wildman–Crippen LogP) is -1.49. The zero-order valence-corrected chi connectivity index (χ0v) is 25.9. The number of aliphatic hydroxyl groups excluding tert-OH is 1. The summed E-state index contributed by atoms with van der Waals surface area (Å²) in [6.45, 7) is -1.91. The van der Waals surface area contributed by atoms with Crippen molar-refractivity contribution in [3.63, 3.8) is 0 Å². The van der Waals surface area contributed by atoms with Crippen LogP contribution in [0.3, 0.4) is 0 Å². The van der Waals surface area contributed by atoms with Crippen molar-refractivity contribution in [2.75, 3.05) is 31.3 Å². The highest BCUT2D eigenvalue weighted by Gasteiger charge is 2.54. The molecular formula is C21H27BFN11O11P2. The van der Waals surface area contributed by atoms with E-state index in [1.54, 1.807) is 0 Å². The molecule has 7 heterocycles. The molecule has 8 N–H and O–H groups in total. The van der Waals surface area contributed by atoms with Gasteiger partial charge in [0.15, 0.2) is 41.3 Å². The smallest absolute Gasteiger partial charge is 0.396 e. The Morgan fingerprint density at radius 2 is 1.70 bits per heavy atom. The molecule has 10 atom stereocenters. The number of aromatic amines is 1. The number of rotatable bonds is 4. The van der Waals surface area contributed by atoms with Gasteiger partial charge in [-0.15, -0.1) is 5.25 Å². The summed E-state index contributed by atoms with van der Waals surface area (Å²) < 4.78 is 80.5. The van der Waals surface area contributed by atoms with E-state index in [0.29, 0.717) is 0 Å². The molecule has 0 aromatic carbocycles. The first-order valence-corrected chi connectivity index (χ1v) is 17.4. The molecule has 4 aromatic heterocycles. The lowest BCUT2D eigenvalue weighted by atomic mass is 9.99. The number of imidazole rings is 2. The second-order valence-electron chi connectivity index (χ2n) is 10.9. The largest absolute Gasteiger partial charge is 0.428 e. The monoisotopic (exact) mass is 701 g/mol. The zero-order chi connectivity index (χ0) is 33.2. The maximum Gasteiger partial charge on any atom is 0.428 e. The molecule has 2 bridgehead atoms. The number of aliphatic hydroxyl groups is 1. The molecule has 47 heavy (non-hydrogen) atoms. The summed E-state index contributed by atoms with van der Waals surface area (Å²) in [6.07, 6.45) is -6.92. The van der Waals surface area contributed by atoms with Crippen molar-refractivity contribution in [1.29, 1.82) is 0 Å². The first-order chi connectivity index (χ1) is 22.4. The summed E-state index contributed by atoms with van der Waals surface area (Å²) in [5.41, 5.74) is 11.1. The first kappa shape index (κ1) is 32.2. The molecule has 3 aliphatic heterocycles. The molecule has 3 fully saturated rings. The maximum atomic E-state index is 16.1. The van der Waals surface area contributed by atoms with Crippen LogP contribution in [-0.2, 0) is 36.7 Å². The van der Waals surface area contributed by atoms with E-state index in [2.05, 4.69) is 29.9 Å². The number of aromatic nitrogens is 8. The molecule has 252 valence electrons. The van der Waals surface area contributed by atoms with E-state index in [9.17, 15) is 24.2 Å². The van der Waals surface area contributed by atoms with E-state index in [-0.39, 0.29) is 34.1 Å². The third-order valence-electron chi connectivity index (χ3n) is 7.94. The number of nitrogens with two attached hydrogens (primary N) is 2. The number of H-pyrrole nitrogens is 1. The Morgan fingerprint density at radius 1 is 1.00 bits per heavy atom. The van der Waals surface area contributed by atoms with E-state index < -0.39 is 89.6 Å². The number of halogens is 1. The number of anilines is 2. The highest BCUT2D eigenvalue weighted by atomic mass is 31.2. The van der Waals surface area contributed by atoms with Crippen molar-refractivity contribution in [2.24, 2.45) is 5.92 Å². The second kappa shape index (κ2) is 11.9. The summed E-state index contributed by atoms with van der Waals surface area (Å²) in [4.78, 5) is 34.9. The number of nitrogens with zero attached hydrogens (tertiary/aromatic N) is 7. The summed E-state index contributed by atoms with van der Waals surface area (Å²) in [5, 5.41) is 21.7. The van der Waals surface area contributed by atoms with Crippen molar-refractivity contribution in [1.82, 2.24) is 44.3 Å². The average Bonchev–Trinajstić information content (AvgIpc) is 3.79. The van der Waals surface area contributed by atoms with Crippen LogP contribution >= 0.6 is 15.2 Å². The van der Waals surface area contributed by atoms with E-state index in [1.165, 1.54) is 27.0 Å². The lowest BCUT2D eigenvalue weighted by molar-refractivity contribution is -0.0600. The van der Waals surface area contributed by atoms with Crippen molar-refractivity contribution in [3.8, 4) is 0 Å². The van der Waals surface area contributed by atoms with Gasteiger partial charge in [-0.05, 0) is 0 Å². The fourth-order valence-corrected chi connectivity index (χ4v) is 8.02.